The van der Waals surface area contributed by atoms with Crippen molar-refractivity contribution in [2.45, 2.75) is 51.0 Å². The summed E-state index contributed by atoms with van der Waals surface area (Å²) in [6.45, 7) is 5.18. The van der Waals surface area contributed by atoms with E-state index in [1.54, 1.807) is 0 Å². The van der Waals surface area contributed by atoms with E-state index in [2.05, 4.69) is 47.5 Å². The molecule has 0 aromatic heterocycles. The van der Waals surface area contributed by atoms with E-state index in [1.807, 2.05) is 0 Å². The molecule has 3 nitrogen and oxygen atoms in total. The Kier molecular flexibility index (Phi) is 6.91. The molecule has 2 aliphatic rings. The van der Waals surface area contributed by atoms with E-state index in [0.29, 0.717) is 30.2 Å². The summed E-state index contributed by atoms with van der Waals surface area (Å²) in [5, 5.41) is 3.44. The number of carbonyl (C=O) groups is 1. The maximum atomic E-state index is 12.5. The van der Waals surface area contributed by atoms with Gasteiger partial charge in [-0.05, 0) is 43.2 Å². The van der Waals surface area contributed by atoms with E-state index in [-0.39, 0.29) is 12.4 Å². The normalized spacial score (nSPS) is 27.5. The molecule has 23 heavy (non-hydrogen) atoms. The molecule has 0 radical (unpaired) electrons. The summed E-state index contributed by atoms with van der Waals surface area (Å²) in [5.74, 6) is 1.56. The first-order valence-corrected chi connectivity index (χ1v) is 8.84. The highest BCUT2D eigenvalue weighted by Crippen LogP contribution is 2.35. The molecule has 1 N–H and O–H groups in total. The van der Waals surface area contributed by atoms with Crippen molar-refractivity contribution in [2.24, 2.45) is 5.92 Å². The Hall–Kier alpha value is -1.06. The fraction of sp³-hybridized carbons (Fsp3) is 0.632. The summed E-state index contributed by atoms with van der Waals surface area (Å²) in [4.78, 5) is 14.7. The van der Waals surface area contributed by atoms with E-state index in [1.165, 1.54) is 12.0 Å². The van der Waals surface area contributed by atoms with Gasteiger partial charge in [0.25, 0.3) is 0 Å². The zero-order chi connectivity index (χ0) is 15.4. The lowest BCUT2D eigenvalue weighted by Gasteiger charge is -2.39. The van der Waals surface area contributed by atoms with Crippen LogP contribution in [0.15, 0.2) is 30.3 Å². The van der Waals surface area contributed by atoms with Crippen LogP contribution in [-0.2, 0) is 4.79 Å². The number of hydrogen-bond donors (Lipinski definition) is 1. The first-order valence-electron chi connectivity index (χ1n) is 8.84. The van der Waals surface area contributed by atoms with Crippen molar-refractivity contribution in [3.63, 3.8) is 0 Å². The van der Waals surface area contributed by atoms with Crippen LogP contribution < -0.4 is 5.32 Å². The summed E-state index contributed by atoms with van der Waals surface area (Å²) in [5.41, 5.74) is 1.44. The Morgan fingerprint density at radius 1 is 1.26 bits per heavy atom. The Morgan fingerprint density at radius 3 is 2.70 bits per heavy atom. The highest BCUT2D eigenvalue weighted by Gasteiger charge is 2.32. The molecule has 2 saturated heterocycles. The van der Waals surface area contributed by atoms with E-state index in [9.17, 15) is 4.79 Å². The van der Waals surface area contributed by atoms with Crippen molar-refractivity contribution in [1.29, 1.82) is 0 Å². The smallest absolute Gasteiger partial charge is 0.224 e. The molecular weight excluding hydrogens is 308 g/mol. The molecular formula is C19H29ClN2O. The predicted octanol–water partition coefficient (Wildman–Crippen LogP) is 3.59. The number of carbonyl (C=O) groups excluding carboxylic acids is 1. The molecule has 3 atom stereocenters. The van der Waals surface area contributed by atoms with Gasteiger partial charge < -0.3 is 10.2 Å². The Morgan fingerprint density at radius 2 is 2.04 bits per heavy atom. The molecule has 0 spiro atoms. The van der Waals surface area contributed by atoms with Crippen LogP contribution in [0.2, 0.25) is 0 Å². The van der Waals surface area contributed by atoms with E-state index in [4.69, 9.17) is 0 Å². The predicted molar refractivity (Wildman–Crippen MR) is 97.1 cm³/mol. The van der Waals surface area contributed by atoms with Crippen molar-refractivity contribution in [3.8, 4) is 0 Å². The van der Waals surface area contributed by atoms with Gasteiger partial charge in [-0.15, -0.1) is 12.4 Å². The largest absolute Gasteiger partial charge is 0.342 e. The minimum absolute atomic E-state index is 0. The second-order valence-corrected chi connectivity index (χ2v) is 6.81. The van der Waals surface area contributed by atoms with E-state index >= 15 is 0 Å². The van der Waals surface area contributed by atoms with Crippen LogP contribution in [-0.4, -0.2) is 36.5 Å². The van der Waals surface area contributed by atoms with Gasteiger partial charge >= 0.3 is 0 Å². The first kappa shape index (κ1) is 18.3. The molecule has 128 valence electrons. The number of amides is 1. The molecule has 2 fully saturated rings. The summed E-state index contributed by atoms with van der Waals surface area (Å²) < 4.78 is 0. The maximum absolute atomic E-state index is 12.5. The number of halogens is 1. The van der Waals surface area contributed by atoms with Crippen molar-refractivity contribution in [2.75, 3.05) is 19.6 Å². The van der Waals surface area contributed by atoms with Crippen LogP contribution in [0, 0.1) is 5.92 Å². The van der Waals surface area contributed by atoms with E-state index in [0.717, 1.165) is 38.9 Å². The Labute approximate surface area is 146 Å². The quantitative estimate of drug-likeness (QED) is 0.911. The topological polar surface area (TPSA) is 32.3 Å². The fourth-order valence-corrected chi connectivity index (χ4v) is 4.08. The number of likely N-dealkylation sites (tertiary alicyclic amines) is 1. The van der Waals surface area contributed by atoms with Gasteiger partial charge in [-0.3, -0.25) is 4.79 Å². The van der Waals surface area contributed by atoms with Crippen LogP contribution in [0.4, 0.5) is 0 Å². The number of nitrogens with one attached hydrogen (secondary N) is 1. The van der Waals surface area contributed by atoms with Crippen LogP contribution in [0.3, 0.4) is 0 Å². The molecule has 2 heterocycles. The molecule has 0 aliphatic carbocycles. The lowest BCUT2D eigenvalue weighted by atomic mass is 9.79. The third kappa shape index (κ3) is 4.48. The van der Waals surface area contributed by atoms with Crippen molar-refractivity contribution < 1.29 is 4.79 Å². The van der Waals surface area contributed by atoms with Crippen molar-refractivity contribution in [3.05, 3.63) is 35.9 Å². The molecule has 1 aromatic rings. The van der Waals surface area contributed by atoms with Crippen LogP contribution >= 0.6 is 12.4 Å². The van der Waals surface area contributed by atoms with Gasteiger partial charge in [0.15, 0.2) is 0 Å². The van der Waals surface area contributed by atoms with Gasteiger partial charge in [0, 0.05) is 25.6 Å². The molecule has 2 aliphatic heterocycles. The second-order valence-electron chi connectivity index (χ2n) is 6.81. The number of nitrogens with zero attached hydrogens (tertiary/aromatic N) is 1. The molecule has 0 saturated carbocycles. The number of rotatable bonds is 4. The lowest BCUT2D eigenvalue weighted by molar-refractivity contribution is -0.133. The zero-order valence-electron chi connectivity index (χ0n) is 14.0. The Bertz CT molecular complexity index is 487. The molecule has 4 heteroatoms. The molecule has 0 bridgehead atoms. The SMILES string of the molecule is CCC1CN(C(=O)CC2CCCN2)CCC1c1ccccc1.Cl. The highest BCUT2D eigenvalue weighted by atomic mass is 35.5. The second kappa shape index (κ2) is 8.70. The molecule has 3 rings (SSSR count). The summed E-state index contributed by atoms with van der Waals surface area (Å²) in [7, 11) is 0. The third-order valence-corrected chi connectivity index (χ3v) is 5.42. The van der Waals surface area contributed by atoms with Gasteiger partial charge in [-0.2, -0.15) is 0 Å². The minimum atomic E-state index is 0. The number of hydrogen-bond acceptors (Lipinski definition) is 2. The van der Waals surface area contributed by atoms with Crippen molar-refractivity contribution in [1.82, 2.24) is 10.2 Å². The summed E-state index contributed by atoms with van der Waals surface area (Å²) in [6.07, 6.45) is 5.30. The number of piperidine rings is 1. The summed E-state index contributed by atoms with van der Waals surface area (Å²) in [6, 6.07) is 11.2. The van der Waals surface area contributed by atoms with Crippen molar-refractivity contribution >= 4 is 18.3 Å². The van der Waals surface area contributed by atoms with Gasteiger partial charge in [-0.25, -0.2) is 0 Å². The van der Waals surface area contributed by atoms with Crippen LogP contribution in [0.25, 0.3) is 0 Å². The maximum Gasteiger partial charge on any atom is 0.224 e. The zero-order valence-corrected chi connectivity index (χ0v) is 14.9. The standard InChI is InChI=1S/C19H28N2O.ClH/c1-2-15-14-21(19(22)13-17-9-6-11-20-17)12-10-18(15)16-7-4-3-5-8-16;/h3-5,7-8,15,17-18,20H,2,6,9-14H2,1H3;1H. The fourth-order valence-electron chi connectivity index (χ4n) is 4.08. The molecule has 1 aromatic carbocycles. The number of benzene rings is 1. The van der Waals surface area contributed by atoms with Gasteiger partial charge in [0.1, 0.15) is 0 Å². The van der Waals surface area contributed by atoms with Gasteiger partial charge in [0.2, 0.25) is 5.91 Å². The monoisotopic (exact) mass is 336 g/mol. The average molecular weight is 337 g/mol. The van der Waals surface area contributed by atoms with Gasteiger partial charge in [-0.1, -0.05) is 43.7 Å². The molecule has 3 unspecified atom stereocenters. The minimum Gasteiger partial charge on any atom is -0.342 e. The Balaban J connectivity index is 0.00000192. The average Bonchev–Trinajstić information content (AvgIpc) is 3.08. The molecule has 1 amide bonds. The summed E-state index contributed by atoms with van der Waals surface area (Å²) >= 11 is 0. The lowest BCUT2D eigenvalue weighted by Crippen LogP contribution is -2.44. The van der Waals surface area contributed by atoms with Crippen LogP contribution in [0.5, 0.6) is 0 Å². The van der Waals surface area contributed by atoms with Gasteiger partial charge in [0.05, 0.1) is 0 Å². The third-order valence-electron chi connectivity index (χ3n) is 5.42. The highest BCUT2D eigenvalue weighted by molar-refractivity contribution is 5.85. The van der Waals surface area contributed by atoms with E-state index < -0.39 is 0 Å². The van der Waals surface area contributed by atoms with Crippen LogP contribution in [0.1, 0.15) is 50.5 Å². The first-order chi connectivity index (χ1) is 10.8.